The van der Waals surface area contributed by atoms with Gasteiger partial charge in [0.2, 0.25) is 0 Å². The molecule has 7 heteroatoms. The summed E-state index contributed by atoms with van der Waals surface area (Å²) in [5, 5.41) is 0. The van der Waals surface area contributed by atoms with E-state index in [-0.39, 0.29) is 11.4 Å². The third-order valence-corrected chi connectivity index (χ3v) is 4.40. The van der Waals surface area contributed by atoms with Gasteiger partial charge in [0.25, 0.3) is 5.56 Å². The average molecular weight is 300 g/mol. The standard InChI is InChI=1S/C14H9FN4OS/c1-7-4-19-5-8(2-9(15)13(19)18-7)11-3-10-12(21-11)14(20)17-6-16-10/h2-6H,1H3,(H,16,17,20). The molecular weight excluding hydrogens is 291 g/mol. The van der Waals surface area contributed by atoms with Crippen LogP contribution in [0.25, 0.3) is 26.3 Å². The monoisotopic (exact) mass is 300 g/mol. The van der Waals surface area contributed by atoms with E-state index in [9.17, 15) is 9.18 Å². The normalized spacial score (nSPS) is 11.5. The largest absolute Gasteiger partial charge is 0.312 e. The lowest BCUT2D eigenvalue weighted by atomic mass is 10.2. The van der Waals surface area contributed by atoms with Gasteiger partial charge in [-0.3, -0.25) is 4.79 Å². The van der Waals surface area contributed by atoms with Crippen LogP contribution in [0, 0.1) is 12.7 Å². The van der Waals surface area contributed by atoms with Gasteiger partial charge in [0, 0.05) is 22.8 Å². The molecule has 0 unspecified atom stereocenters. The third-order valence-electron chi connectivity index (χ3n) is 3.23. The van der Waals surface area contributed by atoms with Gasteiger partial charge in [-0.05, 0) is 19.1 Å². The summed E-state index contributed by atoms with van der Waals surface area (Å²) in [5.41, 5.74) is 2.17. The lowest BCUT2D eigenvalue weighted by Crippen LogP contribution is -2.02. The second-order valence-corrected chi connectivity index (χ2v) is 5.80. The highest BCUT2D eigenvalue weighted by atomic mass is 32.1. The average Bonchev–Trinajstić information content (AvgIpc) is 3.02. The minimum Gasteiger partial charge on any atom is -0.312 e. The Kier molecular flexibility index (Phi) is 2.46. The Balaban J connectivity index is 1.99. The van der Waals surface area contributed by atoms with Crippen molar-refractivity contribution < 1.29 is 4.39 Å². The second kappa shape index (κ2) is 4.23. The predicted molar refractivity (Wildman–Crippen MR) is 79.1 cm³/mol. The van der Waals surface area contributed by atoms with Crippen LogP contribution in [0.4, 0.5) is 4.39 Å². The number of pyridine rings is 1. The molecule has 1 N–H and O–H groups in total. The summed E-state index contributed by atoms with van der Waals surface area (Å²) < 4.78 is 16.3. The molecule has 5 nitrogen and oxygen atoms in total. The van der Waals surface area contributed by atoms with Crippen molar-refractivity contribution in [2.45, 2.75) is 6.92 Å². The van der Waals surface area contributed by atoms with Crippen molar-refractivity contribution in [2.24, 2.45) is 0 Å². The van der Waals surface area contributed by atoms with E-state index in [0.717, 1.165) is 10.6 Å². The number of H-pyrrole nitrogens is 1. The Hall–Kier alpha value is -2.54. The van der Waals surface area contributed by atoms with Crippen LogP contribution in [0.2, 0.25) is 0 Å². The smallest absolute Gasteiger partial charge is 0.268 e. The van der Waals surface area contributed by atoms with Crippen molar-refractivity contribution in [3.05, 3.63) is 52.7 Å². The fourth-order valence-corrected chi connectivity index (χ4v) is 3.31. The number of aromatic amines is 1. The van der Waals surface area contributed by atoms with E-state index in [0.29, 0.717) is 21.4 Å². The minimum absolute atomic E-state index is 0.184. The molecule has 4 rings (SSSR count). The van der Waals surface area contributed by atoms with E-state index in [2.05, 4.69) is 15.0 Å². The van der Waals surface area contributed by atoms with Gasteiger partial charge < -0.3 is 9.38 Å². The quantitative estimate of drug-likeness (QED) is 0.588. The highest BCUT2D eigenvalue weighted by molar-refractivity contribution is 7.22. The zero-order chi connectivity index (χ0) is 14.6. The molecule has 0 bridgehead atoms. The van der Waals surface area contributed by atoms with Crippen LogP contribution in [0.1, 0.15) is 5.69 Å². The summed E-state index contributed by atoms with van der Waals surface area (Å²) in [4.78, 5) is 23.3. The molecule has 0 radical (unpaired) electrons. The van der Waals surface area contributed by atoms with E-state index < -0.39 is 0 Å². The zero-order valence-electron chi connectivity index (χ0n) is 10.9. The second-order valence-electron chi connectivity index (χ2n) is 4.75. The molecule has 0 atom stereocenters. The van der Waals surface area contributed by atoms with Crippen LogP contribution < -0.4 is 5.56 Å². The SMILES string of the molecule is Cc1cn2cc(-c3cc4nc[nH]c(=O)c4s3)cc(F)c2n1. The van der Waals surface area contributed by atoms with E-state index in [4.69, 9.17) is 0 Å². The third kappa shape index (κ3) is 1.85. The fourth-order valence-electron chi connectivity index (χ4n) is 2.32. The van der Waals surface area contributed by atoms with Crippen molar-refractivity contribution >= 4 is 27.2 Å². The summed E-state index contributed by atoms with van der Waals surface area (Å²) in [6, 6.07) is 3.22. The maximum absolute atomic E-state index is 14.1. The lowest BCUT2D eigenvalue weighted by molar-refractivity contribution is 0.630. The molecule has 0 spiro atoms. The number of hydrogen-bond acceptors (Lipinski definition) is 4. The van der Waals surface area contributed by atoms with Crippen molar-refractivity contribution in [3.63, 3.8) is 0 Å². The first-order valence-electron chi connectivity index (χ1n) is 6.24. The molecule has 0 fully saturated rings. The molecule has 0 aliphatic heterocycles. The number of nitrogens with one attached hydrogen (secondary N) is 1. The number of fused-ring (bicyclic) bond motifs is 2. The maximum Gasteiger partial charge on any atom is 0.268 e. The van der Waals surface area contributed by atoms with Crippen molar-refractivity contribution in [1.82, 2.24) is 19.4 Å². The number of nitrogens with zero attached hydrogens (tertiary/aromatic N) is 3. The molecular formula is C14H9FN4OS. The number of aromatic nitrogens is 4. The Morgan fingerprint density at radius 3 is 3.00 bits per heavy atom. The molecule has 0 aromatic carbocycles. The first kappa shape index (κ1) is 12.2. The molecule has 0 amide bonds. The molecule has 4 aromatic rings. The molecule has 4 aromatic heterocycles. The molecule has 21 heavy (non-hydrogen) atoms. The highest BCUT2D eigenvalue weighted by Crippen LogP contribution is 2.31. The van der Waals surface area contributed by atoms with E-state index in [1.54, 1.807) is 22.9 Å². The summed E-state index contributed by atoms with van der Waals surface area (Å²) in [6.07, 6.45) is 4.93. The molecule has 0 saturated carbocycles. The number of rotatable bonds is 1. The van der Waals surface area contributed by atoms with Gasteiger partial charge in [0.15, 0.2) is 11.5 Å². The Morgan fingerprint density at radius 2 is 2.19 bits per heavy atom. The molecule has 0 aliphatic carbocycles. The number of hydrogen-bond donors (Lipinski definition) is 1. The van der Waals surface area contributed by atoms with Crippen molar-refractivity contribution in [3.8, 4) is 10.4 Å². The van der Waals surface area contributed by atoms with E-state index in [1.807, 2.05) is 6.92 Å². The van der Waals surface area contributed by atoms with E-state index in [1.165, 1.54) is 23.7 Å². The Bertz CT molecular complexity index is 1050. The molecule has 0 aliphatic rings. The minimum atomic E-state index is -0.389. The summed E-state index contributed by atoms with van der Waals surface area (Å²) in [5.74, 6) is -0.389. The first-order valence-corrected chi connectivity index (χ1v) is 7.06. The van der Waals surface area contributed by atoms with Crippen molar-refractivity contribution in [2.75, 3.05) is 0 Å². The number of halogens is 1. The van der Waals surface area contributed by atoms with Gasteiger partial charge >= 0.3 is 0 Å². The number of thiophene rings is 1. The van der Waals surface area contributed by atoms with Gasteiger partial charge in [-0.2, -0.15) is 0 Å². The molecule has 4 heterocycles. The van der Waals surface area contributed by atoms with Crippen LogP contribution in [0.15, 0.2) is 35.6 Å². The maximum atomic E-state index is 14.1. The Morgan fingerprint density at radius 1 is 1.33 bits per heavy atom. The van der Waals surface area contributed by atoms with Crippen LogP contribution >= 0.6 is 11.3 Å². The number of aryl methyl sites for hydroxylation is 1. The lowest BCUT2D eigenvalue weighted by Gasteiger charge is -2.00. The van der Waals surface area contributed by atoms with Gasteiger partial charge in [0.05, 0.1) is 17.5 Å². The number of imidazole rings is 1. The van der Waals surface area contributed by atoms with Crippen molar-refractivity contribution in [1.29, 1.82) is 0 Å². The summed E-state index contributed by atoms with van der Waals surface area (Å²) >= 11 is 1.29. The zero-order valence-corrected chi connectivity index (χ0v) is 11.7. The van der Waals surface area contributed by atoms with Gasteiger partial charge in [-0.15, -0.1) is 11.3 Å². The van der Waals surface area contributed by atoms with Gasteiger partial charge in [-0.25, -0.2) is 14.4 Å². The van der Waals surface area contributed by atoms with Gasteiger partial charge in [-0.1, -0.05) is 0 Å². The van der Waals surface area contributed by atoms with Crippen LogP contribution in [0.3, 0.4) is 0 Å². The Labute approximate surface area is 121 Å². The highest BCUT2D eigenvalue weighted by Gasteiger charge is 2.12. The van der Waals surface area contributed by atoms with Crippen LogP contribution in [-0.4, -0.2) is 19.4 Å². The first-order chi connectivity index (χ1) is 10.1. The predicted octanol–water partition coefficient (Wildman–Crippen LogP) is 2.75. The molecule has 104 valence electrons. The molecule has 0 saturated heterocycles. The van der Waals surface area contributed by atoms with Crippen LogP contribution in [0.5, 0.6) is 0 Å². The fraction of sp³-hybridized carbons (Fsp3) is 0.0714. The van der Waals surface area contributed by atoms with Gasteiger partial charge in [0.1, 0.15) is 4.70 Å². The topological polar surface area (TPSA) is 63.1 Å². The van der Waals surface area contributed by atoms with E-state index >= 15 is 0 Å². The summed E-state index contributed by atoms with van der Waals surface area (Å²) in [7, 11) is 0. The summed E-state index contributed by atoms with van der Waals surface area (Å²) in [6.45, 7) is 1.81. The van der Waals surface area contributed by atoms with Crippen LogP contribution in [-0.2, 0) is 0 Å².